The maximum Gasteiger partial charge on any atom is 0.164 e. The van der Waals surface area contributed by atoms with Crippen LogP contribution < -0.4 is 10.2 Å². The van der Waals surface area contributed by atoms with Crippen molar-refractivity contribution in [3.63, 3.8) is 0 Å². The minimum atomic E-state index is -0.442. The second-order valence-electron chi connectivity index (χ2n) is 4.48. The van der Waals surface area contributed by atoms with Crippen molar-refractivity contribution in [3.8, 4) is 0 Å². The number of fused-ring (bicyclic) bond motifs is 1. The van der Waals surface area contributed by atoms with Crippen LogP contribution in [-0.2, 0) is 0 Å². The van der Waals surface area contributed by atoms with Gasteiger partial charge in [-0.05, 0) is 18.9 Å². The smallest absolute Gasteiger partial charge is 0.164 e. The highest BCUT2D eigenvalue weighted by molar-refractivity contribution is 6.29. The van der Waals surface area contributed by atoms with Gasteiger partial charge >= 0.3 is 0 Å². The van der Waals surface area contributed by atoms with Gasteiger partial charge in [0.15, 0.2) is 11.0 Å². The first-order chi connectivity index (χ1) is 7.74. The molecule has 0 saturated carbocycles. The maximum absolute atomic E-state index is 13.3. The summed E-state index contributed by atoms with van der Waals surface area (Å²) in [5.74, 6) is 0.365. The summed E-state index contributed by atoms with van der Waals surface area (Å²) >= 11 is 5.57. The third kappa shape index (κ3) is 1.66. The second kappa shape index (κ2) is 3.86. The molecular weight excluding hydrogens is 229 g/mol. The number of rotatable bonds is 1. The zero-order valence-corrected chi connectivity index (χ0v) is 9.54. The summed E-state index contributed by atoms with van der Waals surface area (Å²) < 4.78 is 13.3. The largest absolute Gasteiger partial charge is 0.369 e. The molecule has 86 valence electrons. The summed E-state index contributed by atoms with van der Waals surface area (Å²) in [6, 6.07) is 2.03. The van der Waals surface area contributed by atoms with Gasteiger partial charge in [-0.3, -0.25) is 0 Å². The van der Waals surface area contributed by atoms with Gasteiger partial charge in [-0.2, -0.15) is 0 Å². The summed E-state index contributed by atoms with van der Waals surface area (Å²) in [4.78, 5) is 6.01. The summed E-state index contributed by atoms with van der Waals surface area (Å²) in [5, 5.41) is 3.34. The van der Waals surface area contributed by atoms with Gasteiger partial charge in [0.25, 0.3) is 0 Å². The lowest BCUT2D eigenvalue weighted by Crippen LogP contribution is -2.62. The van der Waals surface area contributed by atoms with E-state index in [1.54, 1.807) is 6.20 Å². The lowest BCUT2D eigenvalue weighted by Gasteiger charge is -2.46. The molecule has 2 aliphatic rings. The molecular formula is C11H13ClFN3. The Morgan fingerprint density at radius 2 is 2.44 bits per heavy atom. The Morgan fingerprint density at radius 3 is 3.06 bits per heavy atom. The van der Waals surface area contributed by atoms with Gasteiger partial charge in [-0.1, -0.05) is 11.6 Å². The molecule has 2 fully saturated rings. The summed E-state index contributed by atoms with van der Waals surface area (Å²) in [5.41, 5.74) is 0.828. The van der Waals surface area contributed by atoms with E-state index in [2.05, 4.69) is 15.2 Å². The lowest BCUT2D eigenvalue weighted by atomic mass is 9.85. The summed E-state index contributed by atoms with van der Waals surface area (Å²) in [7, 11) is 0. The number of anilines is 1. The highest BCUT2D eigenvalue weighted by Gasteiger charge is 2.35. The number of nitrogens with one attached hydrogen (secondary N) is 1. The zero-order chi connectivity index (χ0) is 11.1. The predicted octanol–water partition coefficient (Wildman–Crippen LogP) is 1.67. The summed E-state index contributed by atoms with van der Waals surface area (Å²) in [6.07, 6.45) is 2.81. The third-order valence-corrected chi connectivity index (χ3v) is 3.82. The molecule has 0 spiro atoms. The zero-order valence-electron chi connectivity index (χ0n) is 8.79. The van der Waals surface area contributed by atoms with E-state index in [1.807, 2.05) is 0 Å². The average molecular weight is 242 g/mol. The van der Waals surface area contributed by atoms with Crippen molar-refractivity contribution in [2.75, 3.05) is 24.5 Å². The predicted molar refractivity (Wildman–Crippen MR) is 61.3 cm³/mol. The fraction of sp³-hybridized carbons (Fsp3) is 0.545. The van der Waals surface area contributed by atoms with Crippen LogP contribution in [-0.4, -0.2) is 30.7 Å². The molecule has 3 rings (SSSR count). The van der Waals surface area contributed by atoms with Crippen molar-refractivity contribution >= 4 is 17.3 Å². The van der Waals surface area contributed by atoms with Gasteiger partial charge < -0.3 is 10.2 Å². The molecule has 2 saturated heterocycles. The fourth-order valence-corrected chi connectivity index (χ4v) is 2.54. The van der Waals surface area contributed by atoms with Crippen LogP contribution in [0.1, 0.15) is 6.42 Å². The van der Waals surface area contributed by atoms with Crippen LogP contribution in [0.4, 0.5) is 10.1 Å². The van der Waals surface area contributed by atoms with Crippen LogP contribution in [0.15, 0.2) is 12.3 Å². The van der Waals surface area contributed by atoms with Crippen molar-refractivity contribution in [3.05, 3.63) is 23.2 Å². The van der Waals surface area contributed by atoms with Gasteiger partial charge in [0.05, 0.1) is 11.9 Å². The van der Waals surface area contributed by atoms with Gasteiger partial charge in [0.1, 0.15) is 0 Å². The number of hydrogen-bond acceptors (Lipinski definition) is 3. The highest BCUT2D eigenvalue weighted by atomic mass is 35.5. The number of hydrogen-bond donors (Lipinski definition) is 1. The minimum Gasteiger partial charge on any atom is -0.369 e. The standard InChI is InChI=1S/C11H13ClFN3/c12-11-9(13)3-8(5-15-11)16-2-1-7-4-14-10(7)6-16/h3,5,7,10,14H,1-2,4,6H2/t7-,10-/m0/s1. The Labute approximate surface area is 98.6 Å². The van der Waals surface area contributed by atoms with Crippen LogP contribution in [0.25, 0.3) is 0 Å². The van der Waals surface area contributed by atoms with Crippen LogP contribution in [0, 0.1) is 11.7 Å². The maximum atomic E-state index is 13.3. The number of nitrogens with zero attached hydrogens (tertiary/aromatic N) is 2. The topological polar surface area (TPSA) is 28.2 Å². The molecule has 5 heteroatoms. The molecule has 2 atom stereocenters. The molecule has 3 nitrogen and oxygen atoms in total. The van der Waals surface area contributed by atoms with E-state index < -0.39 is 5.82 Å². The minimum absolute atomic E-state index is 0.0552. The molecule has 3 heterocycles. The monoisotopic (exact) mass is 241 g/mol. The van der Waals surface area contributed by atoms with Gasteiger partial charge in [-0.25, -0.2) is 9.37 Å². The van der Waals surface area contributed by atoms with Gasteiger partial charge in [0.2, 0.25) is 0 Å². The number of piperidine rings is 1. The molecule has 2 aliphatic heterocycles. The van der Waals surface area contributed by atoms with Crippen LogP contribution in [0.2, 0.25) is 5.15 Å². The first-order valence-electron chi connectivity index (χ1n) is 5.53. The Balaban J connectivity index is 1.78. The number of aromatic nitrogens is 1. The van der Waals surface area contributed by atoms with E-state index in [1.165, 1.54) is 12.5 Å². The van der Waals surface area contributed by atoms with Crippen molar-refractivity contribution in [2.24, 2.45) is 5.92 Å². The van der Waals surface area contributed by atoms with E-state index >= 15 is 0 Å². The molecule has 0 radical (unpaired) electrons. The van der Waals surface area contributed by atoms with Crippen molar-refractivity contribution in [2.45, 2.75) is 12.5 Å². The molecule has 0 amide bonds. The van der Waals surface area contributed by atoms with E-state index in [0.29, 0.717) is 6.04 Å². The Hall–Kier alpha value is -0.870. The molecule has 1 aromatic rings. The third-order valence-electron chi connectivity index (χ3n) is 3.55. The number of pyridine rings is 1. The quantitative estimate of drug-likeness (QED) is 0.759. The van der Waals surface area contributed by atoms with Gasteiger partial charge in [-0.15, -0.1) is 0 Å². The van der Waals surface area contributed by atoms with E-state index in [4.69, 9.17) is 11.6 Å². The molecule has 0 aromatic carbocycles. The molecule has 0 aliphatic carbocycles. The lowest BCUT2D eigenvalue weighted by molar-refractivity contribution is 0.197. The summed E-state index contributed by atoms with van der Waals surface area (Å²) in [6.45, 7) is 3.05. The number of halogens is 2. The molecule has 1 N–H and O–H groups in total. The van der Waals surface area contributed by atoms with Crippen LogP contribution >= 0.6 is 11.6 Å². The van der Waals surface area contributed by atoms with Crippen molar-refractivity contribution in [1.82, 2.24) is 10.3 Å². The molecule has 1 aromatic heterocycles. The van der Waals surface area contributed by atoms with E-state index in [9.17, 15) is 4.39 Å². The molecule has 16 heavy (non-hydrogen) atoms. The SMILES string of the molecule is Fc1cc(N2CC[C@H]3CN[C@H]3C2)cnc1Cl. The molecule has 0 unspecified atom stereocenters. The second-order valence-corrected chi connectivity index (χ2v) is 4.83. The van der Waals surface area contributed by atoms with Crippen molar-refractivity contribution < 1.29 is 4.39 Å². The molecule has 0 bridgehead atoms. The first-order valence-corrected chi connectivity index (χ1v) is 5.91. The Bertz CT molecular complexity index is 412. The van der Waals surface area contributed by atoms with Crippen molar-refractivity contribution in [1.29, 1.82) is 0 Å². The van der Waals surface area contributed by atoms with Crippen LogP contribution in [0.5, 0.6) is 0 Å². The Kier molecular flexibility index (Phi) is 2.48. The van der Waals surface area contributed by atoms with Crippen LogP contribution in [0.3, 0.4) is 0 Å². The highest BCUT2D eigenvalue weighted by Crippen LogP contribution is 2.28. The fourth-order valence-electron chi connectivity index (χ4n) is 2.44. The van der Waals surface area contributed by atoms with E-state index in [-0.39, 0.29) is 5.15 Å². The first kappa shape index (κ1) is 10.3. The Morgan fingerprint density at radius 1 is 1.56 bits per heavy atom. The average Bonchev–Trinajstić information content (AvgIpc) is 2.24. The van der Waals surface area contributed by atoms with Gasteiger partial charge in [0, 0.05) is 25.2 Å². The normalized spacial score (nSPS) is 28.5. The van der Waals surface area contributed by atoms with E-state index in [0.717, 1.165) is 31.2 Å².